The van der Waals surface area contributed by atoms with E-state index in [0.717, 1.165) is 22.5 Å². The van der Waals surface area contributed by atoms with Crippen LogP contribution in [-0.2, 0) is 11.2 Å². The van der Waals surface area contributed by atoms with Crippen LogP contribution in [0.5, 0.6) is 0 Å². The number of rotatable bonds is 7. The number of amides is 1. The fourth-order valence-corrected chi connectivity index (χ4v) is 2.79. The van der Waals surface area contributed by atoms with Gasteiger partial charge in [-0.1, -0.05) is 29.8 Å². The van der Waals surface area contributed by atoms with Crippen LogP contribution in [0.1, 0.15) is 11.1 Å². The molecule has 1 amide bonds. The topological polar surface area (TPSA) is 78.4 Å². The van der Waals surface area contributed by atoms with Gasteiger partial charge in [0.1, 0.15) is 11.6 Å². The van der Waals surface area contributed by atoms with Gasteiger partial charge in [0, 0.05) is 31.5 Å². The van der Waals surface area contributed by atoms with Crippen LogP contribution in [0.4, 0.5) is 11.6 Å². The molecule has 0 saturated heterocycles. The van der Waals surface area contributed by atoms with Crippen molar-refractivity contribution >= 4 is 17.5 Å². The smallest absolute Gasteiger partial charge is 0.229 e. The molecule has 6 heteroatoms. The van der Waals surface area contributed by atoms with Crippen molar-refractivity contribution < 1.29 is 9.90 Å². The molecule has 0 aliphatic rings. The summed E-state index contributed by atoms with van der Waals surface area (Å²) in [6.45, 7) is 2.60. The number of aryl methyl sites for hydroxylation is 1. The summed E-state index contributed by atoms with van der Waals surface area (Å²) in [4.78, 5) is 22.8. The van der Waals surface area contributed by atoms with E-state index in [9.17, 15) is 4.79 Å². The third kappa shape index (κ3) is 5.14. The SMILES string of the molecule is Cc1ccc(CC(=O)Nc2ccc(-c3ccnc(N(C)CCO)c3)cn2)cc1. The number of benzene rings is 1. The molecule has 0 bridgehead atoms. The zero-order valence-electron chi connectivity index (χ0n) is 16.1. The zero-order chi connectivity index (χ0) is 19.9. The maximum Gasteiger partial charge on any atom is 0.229 e. The molecule has 3 aromatic rings. The molecule has 144 valence electrons. The lowest BCUT2D eigenvalue weighted by Crippen LogP contribution is -2.22. The first-order chi connectivity index (χ1) is 13.5. The predicted octanol–water partition coefficient (Wildman–Crippen LogP) is 3.06. The van der Waals surface area contributed by atoms with Crippen LogP contribution in [0.25, 0.3) is 11.1 Å². The number of likely N-dealkylation sites (N-methyl/N-ethyl adjacent to an activating group) is 1. The van der Waals surface area contributed by atoms with Crippen LogP contribution < -0.4 is 10.2 Å². The molecule has 0 atom stereocenters. The van der Waals surface area contributed by atoms with E-state index in [-0.39, 0.29) is 12.5 Å². The zero-order valence-corrected chi connectivity index (χ0v) is 16.1. The quantitative estimate of drug-likeness (QED) is 0.663. The summed E-state index contributed by atoms with van der Waals surface area (Å²) in [6.07, 6.45) is 3.77. The minimum absolute atomic E-state index is 0.0704. The summed E-state index contributed by atoms with van der Waals surface area (Å²) in [6, 6.07) is 15.5. The van der Waals surface area contributed by atoms with Crippen LogP contribution in [0.2, 0.25) is 0 Å². The minimum atomic E-state index is -0.0964. The van der Waals surface area contributed by atoms with Crippen molar-refractivity contribution in [3.05, 3.63) is 72.1 Å². The van der Waals surface area contributed by atoms with Gasteiger partial charge < -0.3 is 15.3 Å². The van der Waals surface area contributed by atoms with Gasteiger partial charge >= 0.3 is 0 Å². The average Bonchev–Trinajstić information content (AvgIpc) is 2.70. The number of carbonyl (C=O) groups excluding carboxylic acids is 1. The van der Waals surface area contributed by atoms with Crippen molar-refractivity contribution in [2.24, 2.45) is 0 Å². The first kappa shape index (κ1) is 19.5. The summed E-state index contributed by atoms with van der Waals surface area (Å²) in [5.74, 6) is 1.20. The van der Waals surface area contributed by atoms with Gasteiger partial charge in [-0.3, -0.25) is 4.79 Å². The lowest BCUT2D eigenvalue weighted by Gasteiger charge is -2.17. The molecule has 0 spiro atoms. The molecule has 1 aromatic carbocycles. The predicted molar refractivity (Wildman–Crippen MR) is 111 cm³/mol. The minimum Gasteiger partial charge on any atom is -0.395 e. The molecular formula is C22H24N4O2. The molecule has 0 aliphatic carbocycles. The molecule has 3 rings (SSSR count). The van der Waals surface area contributed by atoms with E-state index in [1.54, 1.807) is 18.5 Å². The number of hydrogen-bond acceptors (Lipinski definition) is 5. The highest BCUT2D eigenvalue weighted by molar-refractivity contribution is 5.91. The number of nitrogens with one attached hydrogen (secondary N) is 1. The van der Waals surface area contributed by atoms with Gasteiger partial charge in [0.25, 0.3) is 0 Å². The lowest BCUT2D eigenvalue weighted by molar-refractivity contribution is -0.115. The Balaban J connectivity index is 1.65. The van der Waals surface area contributed by atoms with Gasteiger partial charge in [0.05, 0.1) is 13.0 Å². The fraction of sp³-hybridized carbons (Fsp3) is 0.227. The van der Waals surface area contributed by atoms with E-state index < -0.39 is 0 Å². The molecule has 2 N–H and O–H groups in total. The van der Waals surface area contributed by atoms with E-state index in [1.165, 1.54) is 5.56 Å². The molecule has 2 heterocycles. The Hall–Kier alpha value is -3.25. The van der Waals surface area contributed by atoms with E-state index in [4.69, 9.17) is 5.11 Å². The van der Waals surface area contributed by atoms with Crippen LogP contribution in [-0.4, -0.2) is 41.2 Å². The molecule has 0 aliphatic heterocycles. The van der Waals surface area contributed by atoms with Gasteiger partial charge in [0.15, 0.2) is 0 Å². The van der Waals surface area contributed by atoms with Crippen LogP contribution in [0, 0.1) is 6.92 Å². The van der Waals surface area contributed by atoms with Crippen LogP contribution in [0.3, 0.4) is 0 Å². The summed E-state index contributed by atoms with van der Waals surface area (Å²) >= 11 is 0. The fourth-order valence-electron chi connectivity index (χ4n) is 2.79. The normalized spacial score (nSPS) is 10.5. The van der Waals surface area contributed by atoms with Crippen molar-refractivity contribution in [2.75, 3.05) is 30.4 Å². The van der Waals surface area contributed by atoms with Crippen molar-refractivity contribution in [1.82, 2.24) is 9.97 Å². The highest BCUT2D eigenvalue weighted by atomic mass is 16.3. The highest BCUT2D eigenvalue weighted by Crippen LogP contribution is 2.22. The Morgan fingerprint density at radius 1 is 1.07 bits per heavy atom. The Morgan fingerprint density at radius 2 is 1.86 bits per heavy atom. The third-order valence-electron chi connectivity index (χ3n) is 4.42. The standard InChI is InChI=1S/C22H24N4O2/c1-16-3-5-17(6-4-16)13-22(28)25-20-8-7-19(15-24-20)18-9-10-23-21(14-18)26(2)11-12-27/h3-10,14-15,27H,11-13H2,1-2H3,(H,24,25,28). The summed E-state index contributed by atoms with van der Waals surface area (Å²) < 4.78 is 0. The number of nitrogens with zero attached hydrogens (tertiary/aromatic N) is 3. The van der Waals surface area contributed by atoms with Crippen molar-refractivity contribution in [2.45, 2.75) is 13.3 Å². The van der Waals surface area contributed by atoms with Gasteiger partial charge in [-0.2, -0.15) is 0 Å². The molecule has 2 aromatic heterocycles. The Morgan fingerprint density at radius 3 is 2.54 bits per heavy atom. The van der Waals surface area contributed by atoms with Crippen LogP contribution in [0.15, 0.2) is 60.9 Å². The Bertz CT molecular complexity index is 924. The number of hydrogen-bond donors (Lipinski definition) is 2. The molecular weight excluding hydrogens is 352 g/mol. The Kier molecular flexibility index (Phi) is 6.34. The van der Waals surface area contributed by atoms with Crippen molar-refractivity contribution in [1.29, 1.82) is 0 Å². The Labute approximate surface area is 164 Å². The van der Waals surface area contributed by atoms with Gasteiger partial charge in [0.2, 0.25) is 5.91 Å². The number of carbonyl (C=O) groups is 1. The average molecular weight is 376 g/mol. The number of anilines is 2. The monoisotopic (exact) mass is 376 g/mol. The molecule has 28 heavy (non-hydrogen) atoms. The second-order valence-corrected chi connectivity index (χ2v) is 6.69. The molecule has 0 fully saturated rings. The van der Waals surface area contributed by atoms with Crippen molar-refractivity contribution in [3.8, 4) is 11.1 Å². The molecule has 0 radical (unpaired) electrons. The number of aliphatic hydroxyl groups is 1. The second-order valence-electron chi connectivity index (χ2n) is 6.69. The summed E-state index contributed by atoms with van der Waals surface area (Å²) in [5.41, 5.74) is 4.04. The largest absolute Gasteiger partial charge is 0.395 e. The lowest BCUT2D eigenvalue weighted by atomic mass is 10.1. The number of aromatic nitrogens is 2. The number of pyridine rings is 2. The summed E-state index contributed by atoms with van der Waals surface area (Å²) in [5, 5.41) is 11.9. The van der Waals surface area contributed by atoms with Gasteiger partial charge in [-0.15, -0.1) is 0 Å². The van der Waals surface area contributed by atoms with Crippen LogP contribution >= 0.6 is 0 Å². The van der Waals surface area contributed by atoms with Gasteiger partial charge in [-0.05, 0) is 42.3 Å². The third-order valence-corrected chi connectivity index (χ3v) is 4.42. The molecule has 0 unspecified atom stereocenters. The van der Waals surface area contributed by atoms with Crippen molar-refractivity contribution in [3.63, 3.8) is 0 Å². The van der Waals surface area contributed by atoms with Gasteiger partial charge in [-0.25, -0.2) is 9.97 Å². The first-order valence-corrected chi connectivity index (χ1v) is 9.15. The van der Waals surface area contributed by atoms with E-state index in [2.05, 4.69) is 15.3 Å². The highest BCUT2D eigenvalue weighted by Gasteiger charge is 2.07. The summed E-state index contributed by atoms with van der Waals surface area (Å²) in [7, 11) is 1.88. The maximum atomic E-state index is 12.2. The maximum absolute atomic E-state index is 12.2. The molecule has 0 saturated carbocycles. The van der Waals surface area contributed by atoms with E-state index >= 15 is 0 Å². The van der Waals surface area contributed by atoms with E-state index in [0.29, 0.717) is 18.8 Å². The second kappa shape index (κ2) is 9.10. The first-order valence-electron chi connectivity index (χ1n) is 9.15. The number of aliphatic hydroxyl groups excluding tert-OH is 1. The molecule has 6 nitrogen and oxygen atoms in total. The van der Waals surface area contributed by atoms with E-state index in [1.807, 2.05) is 61.3 Å².